The molecule has 0 unspecified atom stereocenters. The smallest absolute Gasteiger partial charge is 0.315 e. The number of nitrogens with one attached hydrogen (secondary N) is 2. The lowest BCUT2D eigenvalue weighted by molar-refractivity contribution is 0.239. The number of carbonyl (C=O) groups excluding carboxylic acids is 1. The molecule has 0 saturated carbocycles. The van der Waals surface area contributed by atoms with Crippen molar-refractivity contribution in [3.63, 3.8) is 0 Å². The van der Waals surface area contributed by atoms with Gasteiger partial charge in [0.15, 0.2) is 0 Å². The van der Waals surface area contributed by atoms with Crippen molar-refractivity contribution in [2.45, 2.75) is 13.1 Å². The second kappa shape index (κ2) is 6.87. The third-order valence-electron chi connectivity index (χ3n) is 3.49. The van der Waals surface area contributed by atoms with Gasteiger partial charge in [-0.2, -0.15) is 0 Å². The van der Waals surface area contributed by atoms with Crippen molar-refractivity contribution < 1.29 is 13.9 Å². The first kappa shape index (κ1) is 15.0. The molecule has 0 atom stereocenters. The zero-order valence-electron chi connectivity index (χ0n) is 12.8. The number of furan rings is 1. The fourth-order valence-corrected chi connectivity index (χ4v) is 2.32. The first-order valence-electron chi connectivity index (χ1n) is 7.37. The van der Waals surface area contributed by atoms with Crippen molar-refractivity contribution in [1.82, 2.24) is 10.6 Å². The highest BCUT2D eigenvalue weighted by atomic mass is 16.5. The third kappa shape index (κ3) is 3.83. The number of carbonyl (C=O) groups is 1. The molecule has 1 aromatic heterocycles. The van der Waals surface area contributed by atoms with E-state index in [9.17, 15) is 4.79 Å². The molecule has 0 saturated heterocycles. The van der Waals surface area contributed by atoms with Gasteiger partial charge < -0.3 is 19.8 Å². The molecule has 2 N–H and O–H groups in total. The summed E-state index contributed by atoms with van der Waals surface area (Å²) in [5, 5.41) is 6.62. The molecule has 0 spiro atoms. The van der Waals surface area contributed by atoms with Crippen LogP contribution in [0.15, 0.2) is 59.0 Å². The van der Waals surface area contributed by atoms with Crippen LogP contribution in [0.4, 0.5) is 4.79 Å². The summed E-state index contributed by atoms with van der Waals surface area (Å²) in [5.74, 6) is 1.50. The van der Waals surface area contributed by atoms with Crippen LogP contribution < -0.4 is 15.4 Å². The average molecular weight is 310 g/mol. The molecule has 0 fully saturated rings. The summed E-state index contributed by atoms with van der Waals surface area (Å²) >= 11 is 0. The van der Waals surface area contributed by atoms with Gasteiger partial charge in [-0.15, -0.1) is 0 Å². The lowest BCUT2D eigenvalue weighted by Gasteiger charge is -2.07. The summed E-state index contributed by atoms with van der Waals surface area (Å²) in [4.78, 5) is 11.9. The number of benzene rings is 2. The van der Waals surface area contributed by atoms with Crippen molar-refractivity contribution >= 4 is 17.0 Å². The van der Waals surface area contributed by atoms with E-state index >= 15 is 0 Å². The molecule has 2 amide bonds. The quantitative estimate of drug-likeness (QED) is 0.759. The van der Waals surface area contributed by atoms with Crippen LogP contribution in [-0.4, -0.2) is 13.1 Å². The number of urea groups is 1. The molecule has 0 aliphatic carbocycles. The first-order valence-corrected chi connectivity index (χ1v) is 7.37. The first-order chi connectivity index (χ1) is 11.2. The number of hydrogen-bond acceptors (Lipinski definition) is 3. The van der Waals surface area contributed by atoms with E-state index in [-0.39, 0.29) is 6.03 Å². The molecule has 5 nitrogen and oxygen atoms in total. The van der Waals surface area contributed by atoms with Crippen molar-refractivity contribution in [1.29, 1.82) is 0 Å². The molecule has 3 aromatic rings. The fourth-order valence-electron chi connectivity index (χ4n) is 2.32. The average Bonchev–Trinajstić information content (AvgIpc) is 3.01. The second-order valence-electron chi connectivity index (χ2n) is 5.14. The second-order valence-corrected chi connectivity index (χ2v) is 5.14. The van der Waals surface area contributed by atoms with Crippen LogP contribution in [0, 0.1) is 0 Å². The van der Waals surface area contributed by atoms with E-state index in [0.717, 1.165) is 28.0 Å². The van der Waals surface area contributed by atoms with Crippen LogP contribution in [0.2, 0.25) is 0 Å². The summed E-state index contributed by atoms with van der Waals surface area (Å²) < 4.78 is 10.8. The van der Waals surface area contributed by atoms with E-state index in [4.69, 9.17) is 9.15 Å². The highest BCUT2D eigenvalue weighted by molar-refractivity contribution is 5.78. The summed E-state index contributed by atoms with van der Waals surface area (Å²) in [6, 6.07) is 17.0. The standard InChI is InChI=1S/C18H18N2O3/c1-22-15-7-4-5-13(9-15)11-19-18(21)20-12-16-10-14-6-2-3-8-17(14)23-16/h2-10H,11-12H2,1H3,(H2,19,20,21). The molecule has 23 heavy (non-hydrogen) atoms. The predicted octanol–water partition coefficient (Wildman–Crippen LogP) is 3.44. The minimum absolute atomic E-state index is 0.242. The van der Waals surface area contributed by atoms with Gasteiger partial charge in [-0.25, -0.2) is 4.79 Å². The van der Waals surface area contributed by atoms with Gasteiger partial charge in [0.05, 0.1) is 13.7 Å². The van der Waals surface area contributed by atoms with E-state index < -0.39 is 0 Å². The van der Waals surface area contributed by atoms with Crippen LogP contribution in [-0.2, 0) is 13.1 Å². The molecule has 5 heteroatoms. The Morgan fingerprint density at radius 2 is 1.87 bits per heavy atom. The Morgan fingerprint density at radius 1 is 1.04 bits per heavy atom. The molecular weight excluding hydrogens is 292 g/mol. The molecule has 2 aromatic carbocycles. The number of amides is 2. The van der Waals surface area contributed by atoms with E-state index in [1.807, 2.05) is 54.6 Å². The van der Waals surface area contributed by atoms with Crippen molar-refractivity contribution in [3.8, 4) is 5.75 Å². The minimum Gasteiger partial charge on any atom is -0.497 e. The van der Waals surface area contributed by atoms with E-state index in [0.29, 0.717) is 13.1 Å². The molecule has 3 rings (SSSR count). The van der Waals surface area contributed by atoms with Crippen LogP contribution in [0.3, 0.4) is 0 Å². The summed E-state index contributed by atoms with van der Waals surface area (Å²) in [5.41, 5.74) is 1.80. The minimum atomic E-state index is -0.242. The monoisotopic (exact) mass is 310 g/mol. The molecule has 0 aliphatic heterocycles. The van der Waals surface area contributed by atoms with Gasteiger partial charge in [-0.05, 0) is 29.8 Å². The SMILES string of the molecule is COc1cccc(CNC(=O)NCc2cc3ccccc3o2)c1. The van der Waals surface area contributed by atoms with E-state index in [1.54, 1.807) is 7.11 Å². The summed E-state index contributed by atoms with van der Waals surface area (Å²) in [6.07, 6.45) is 0. The predicted molar refractivity (Wildman–Crippen MR) is 88.3 cm³/mol. The Bertz CT molecular complexity index is 778. The Hall–Kier alpha value is -2.95. The molecular formula is C18H18N2O3. The maximum atomic E-state index is 11.9. The van der Waals surface area contributed by atoms with Crippen molar-refractivity contribution in [2.75, 3.05) is 7.11 Å². The van der Waals surface area contributed by atoms with Gasteiger partial charge in [0.1, 0.15) is 17.1 Å². The van der Waals surface area contributed by atoms with Gasteiger partial charge in [-0.3, -0.25) is 0 Å². The Kier molecular flexibility index (Phi) is 4.47. The Balaban J connectivity index is 1.51. The normalized spacial score (nSPS) is 10.5. The van der Waals surface area contributed by atoms with E-state index in [1.165, 1.54) is 0 Å². The maximum absolute atomic E-state index is 11.9. The molecule has 1 heterocycles. The topological polar surface area (TPSA) is 63.5 Å². The molecule has 118 valence electrons. The lowest BCUT2D eigenvalue weighted by Crippen LogP contribution is -2.34. The zero-order valence-corrected chi connectivity index (χ0v) is 12.8. The van der Waals surface area contributed by atoms with Crippen LogP contribution >= 0.6 is 0 Å². The van der Waals surface area contributed by atoms with Crippen LogP contribution in [0.25, 0.3) is 11.0 Å². The van der Waals surface area contributed by atoms with Gasteiger partial charge in [0, 0.05) is 11.9 Å². The van der Waals surface area contributed by atoms with Crippen LogP contribution in [0.1, 0.15) is 11.3 Å². The largest absolute Gasteiger partial charge is 0.497 e. The summed E-state index contributed by atoms with van der Waals surface area (Å²) in [7, 11) is 1.62. The molecule has 0 radical (unpaired) electrons. The van der Waals surface area contributed by atoms with Gasteiger partial charge in [0.2, 0.25) is 0 Å². The van der Waals surface area contributed by atoms with E-state index in [2.05, 4.69) is 10.6 Å². The number of rotatable bonds is 5. The number of hydrogen-bond donors (Lipinski definition) is 2. The van der Waals surface area contributed by atoms with Gasteiger partial charge in [0.25, 0.3) is 0 Å². The highest BCUT2D eigenvalue weighted by Gasteiger charge is 2.05. The van der Waals surface area contributed by atoms with Gasteiger partial charge >= 0.3 is 6.03 Å². The lowest BCUT2D eigenvalue weighted by atomic mass is 10.2. The third-order valence-corrected chi connectivity index (χ3v) is 3.49. The number of ether oxygens (including phenoxy) is 1. The molecule has 0 bridgehead atoms. The van der Waals surface area contributed by atoms with Crippen LogP contribution in [0.5, 0.6) is 5.75 Å². The molecule has 0 aliphatic rings. The Labute approximate surface area is 134 Å². The maximum Gasteiger partial charge on any atom is 0.315 e. The highest BCUT2D eigenvalue weighted by Crippen LogP contribution is 2.18. The number of para-hydroxylation sites is 1. The number of methoxy groups -OCH3 is 1. The summed E-state index contributed by atoms with van der Waals surface area (Å²) in [6.45, 7) is 0.780. The Morgan fingerprint density at radius 3 is 2.70 bits per heavy atom. The van der Waals surface area contributed by atoms with Crippen molar-refractivity contribution in [2.24, 2.45) is 0 Å². The number of fused-ring (bicyclic) bond motifs is 1. The van der Waals surface area contributed by atoms with Crippen molar-refractivity contribution in [3.05, 3.63) is 65.9 Å². The van der Waals surface area contributed by atoms with Gasteiger partial charge in [-0.1, -0.05) is 30.3 Å². The fraction of sp³-hybridized carbons (Fsp3) is 0.167. The zero-order chi connectivity index (χ0) is 16.1.